The van der Waals surface area contributed by atoms with E-state index in [1.807, 2.05) is 0 Å². The second-order valence-electron chi connectivity index (χ2n) is 8.51. The number of benzene rings is 1. The van der Waals surface area contributed by atoms with E-state index in [0.717, 1.165) is 37.7 Å². The molecule has 30 heavy (non-hydrogen) atoms. The highest BCUT2D eigenvalue weighted by Crippen LogP contribution is 2.35. The molecule has 0 spiro atoms. The van der Waals surface area contributed by atoms with Crippen LogP contribution in [0.25, 0.3) is 0 Å². The molecule has 0 radical (unpaired) electrons. The first-order chi connectivity index (χ1) is 14.5. The molecule has 8 heteroatoms. The summed E-state index contributed by atoms with van der Waals surface area (Å²) in [5.74, 6) is -0.445. The number of fused-ring (bicyclic) bond motifs is 1. The van der Waals surface area contributed by atoms with Crippen LogP contribution < -0.4 is 0 Å². The Morgan fingerprint density at radius 1 is 1.10 bits per heavy atom. The van der Waals surface area contributed by atoms with Crippen LogP contribution in [0, 0.1) is 11.7 Å². The summed E-state index contributed by atoms with van der Waals surface area (Å²) in [5.41, 5.74) is 0.913. The SMILES string of the molecule is O=C1[C@H](C2CCCCC2)N2C(=O)CCN(C(=O)O)[C@H]2CN1CCc1ccc(F)cc1. The number of hydrogen-bond donors (Lipinski definition) is 1. The standard InChI is InChI=1S/C22H28FN3O4/c23-17-8-6-15(7-9-17)10-12-24-14-18-25(22(29)30)13-11-19(27)26(18)20(21(24)28)16-4-2-1-3-5-16/h6-9,16,18,20H,1-5,10-14H2,(H,29,30)/t18-,20+/m1/s1. The Labute approximate surface area is 175 Å². The first kappa shape index (κ1) is 20.6. The molecule has 4 rings (SSSR count). The lowest BCUT2D eigenvalue weighted by Crippen LogP contribution is -2.72. The lowest BCUT2D eigenvalue weighted by Gasteiger charge is -2.53. The van der Waals surface area contributed by atoms with Crippen LogP contribution in [-0.2, 0) is 16.0 Å². The van der Waals surface area contributed by atoms with E-state index in [1.54, 1.807) is 21.9 Å². The van der Waals surface area contributed by atoms with E-state index in [-0.39, 0.29) is 43.1 Å². The monoisotopic (exact) mass is 417 g/mol. The summed E-state index contributed by atoms with van der Waals surface area (Å²) in [5, 5.41) is 9.70. The molecule has 1 aromatic rings. The average Bonchev–Trinajstić information content (AvgIpc) is 2.74. The fourth-order valence-electron chi connectivity index (χ4n) is 5.15. The molecule has 1 aromatic carbocycles. The van der Waals surface area contributed by atoms with Gasteiger partial charge in [-0.3, -0.25) is 14.5 Å². The molecule has 7 nitrogen and oxygen atoms in total. The van der Waals surface area contributed by atoms with Crippen molar-refractivity contribution < 1.29 is 23.9 Å². The van der Waals surface area contributed by atoms with Gasteiger partial charge in [0.05, 0.1) is 6.54 Å². The number of amides is 3. The van der Waals surface area contributed by atoms with Crippen LogP contribution in [0.3, 0.4) is 0 Å². The molecule has 2 atom stereocenters. The molecule has 2 aliphatic heterocycles. The molecule has 3 aliphatic rings. The quantitative estimate of drug-likeness (QED) is 0.817. The lowest BCUT2D eigenvalue weighted by atomic mass is 9.81. The number of nitrogens with zero attached hydrogens (tertiary/aromatic N) is 3. The first-order valence-electron chi connectivity index (χ1n) is 10.8. The van der Waals surface area contributed by atoms with Gasteiger partial charge in [-0.25, -0.2) is 9.18 Å². The van der Waals surface area contributed by atoms with Gasteiger partial charge >= 0.3 is 6.09 Å². The van der Waals surface area contributed by atoms with Gasteiger partial charge in [0.2, 0.25) is 11.8 Å². The van der Waals surface area contributed by atoms with Crippen LogP contribution in [0.5, 0.6) is 0 Å². The number of piperazine rings is 1. The van der Waals surface area contributed by atoms with Crippen molar-refractivity contribution in [2.45, 2.75) is 57.2 Å². The van der Waals surface area contributed by atoms with Crippen molar-refractivity contribution in [3.8, 4) is 0 Å². The van der Waals surface area contributed by atoms with Crippen LogP contribution in [-0.4, -0.2) is 69.6 Å². The molecule has 1 saturated carbocycles. The lowest BCUT2D eigenvalue weighted by molar-refractivity contribution is -0.171. The second kappa shape index (κ2) is 8.62. The third-order valence-corrected chi connectivity index (χ3v) is 6.71. The molecule has 1 N–H and O–H groups in total. The average molecular weight is 417 g/mol. The van der Waals surface area contributed by atoms with Crippen molar-refractivity contribution in [1.82, 2.24) is 14.7 Å². The first-order valence-corrected chi connectivity index (χ1v) is 10.8. The van der Waals surface area contributed by atoms with Gasteiger partial charge in [0.15, 0.2) is 0 Å². The minimum atomic E-state index is -1.06. The summed E-state index contributed by atoms with van der Waals surface area (Å²) in [4.78, 5) is 42.7. The molecule has 3 amide bonds. The molecule has 0 bridgehead atoms. The normalized spacial score (nSPS) is 25.4. The van der Waals surface area contributed by atoms with Gasteiger partial charge in [0.1, 0.15) is 18.0 Å². The van der Waals surface area contributed by atoms with E-state index in [2.05, 4.69) is 0 Å². The number of carbonyl (C=O) groups excluding carboxylic acids is 2. The van der Waals surface area contributed by atoms with Crippen LogP contribution in [0.4, 0.5) is 9.18 Å². The van der Waals surface area contributed by atoms with Gasteiger partial charge in [-0.2, -0.15) is 0 Å². The molecule has 3 fully saturated rings. The summed E-state index contributed by atoms with van der Waals surface area (Å²) in [6.45, 7) is 0.758. The van der Waals surface area contributed by atoms with Crippen LogP contribution in [0.1, 0.15) is 44.1 Å². The predicted molar refractivity (Wildman–Crippen MR) is 107 cm³/mol. The zero-order valence-corrected chi connectivity index (χ0v) is 17.0. The summed E-state index contributed by atoms with van der Waals surface area (Å²) in [7, 11) is 0. The number of carbonyl (C=O) groups is 3. The fraction of sp³-hybridized carbons (Fsp3) is 0.591. The Kier molecular flexibility index (Phi) is 5.92. The van der Waals surface area contributed by atoms with Crippen molar-refractivity contribution in [2.75, 3.05) is 19.6 Å². The van der Waals surface area contributed by atoms with E-state index in [0.29, 0.717) is 13.0 Å². The summed E-state index contributed by atoms with van der Waals surface area (Å²) >= 11 is 0. The fourth-order valence-corrected chi connectivity index (χ4v) is 5.15. The Morgan fingerprint density at radius 3 is 2.47 bits per heavy atom. The van der Waals surface area contributed by atoms with Crippen LogP contribution in [0.15, 0.2) is 24.3 Å². The summed E-state index contributed by atoms with van der Waals surface area (Å²) in [6, 6.07) is 5.59. The third kappa shape index (κ3) is 4.00. The molecule has 0 aromatic heterocycles. The van der Waals surface area contributed by atoms with Gasteiger partial charge in [0, 0.05) is 19.5 Å². The summed E-state index contributed by atoms with van der Waals surface area (Å²) in [6.07, 6.45) is 3.92. The summed E-state index contributed by atoms with van der Waals surface area (Å²) < 4.78 is 13.2. The van der Waals surface area contributed by atoms with Crippen molar-refractivity contribution in [2.24, 2.45) is 5.92 Å². The Morgan fingerprint density at radius 2 is 1.80 bits per heavy atom. The highest BCUT2D eigenvalue weighted by molar-refractivity contribution is 5.90. The maximum Gasteiger partial charge on any atom is 0.409 e. The van der Waals surface area contributed by atoms with Crippen molar-refractivity contribution in [3.63, 3.8) is 0 Å². The van der Waals surface area contributed by atoms with Gasteiger partial charge in [0.25, 0.3) is 0 Å². The van der Waals surface area contributed by atoms with E-state index in [9.17, 15) is 23.9 Å². The highest BCUT2D eigenvalue weighted by Gasteiger charge is 2.51. The van der Waals surface area contributed by atoms with Crippen molar-refractivity contribution in [3.05, 3.63) is 35.6 Å². The molecule has 2 heterocycles. The Balaban J connectivity index is 1.59. The van der Waals surface area contributed by atoms with E-state index in [4.69, 9.17) is 0 Å². The van der Waals surface area contributed by atoms with Gasteiger partial charge in [-0.1, -0.05) is 31.4 Å². The predicted octanol–water partition coefficient (Wildman–Crippen LogP) is 2.70. The number of rotatable bonds is 4. The highest BCUT2D eigenvalue weighted by atomic mass is 19.1. The maximum atomic E-state index is 13.5. The molecular formula is C22H28FN3O4. The van der Waals surface area contributed by atoms with Crippen LogP contribution >= 0.6 is 0 Å². The number of halogens is 1. The Bertz CT molecular complexity index is 809. The largest absolute Gasteiger partial charge is 0.465 e. The third-order valence-electron chi connectivity index (χ3n) is 6.71. The van der Waals surface area contributed by atoms with Crippen molar-refractivity contribution in [1.29, 1.82) is 0 Å². The van der Waals surface area contributed by atoms with Crippen LogP contribution in [0.2, 0.25) is 0 Å². The zero-order chi connectivity index (χ0) is 21.3. The maximum absolute atomic E-state index is 13.5. The topological polar surface area (TPSA) is 81.2 Å². The minimum absolute atomic E-state index is 0.0695. The second-order valence-corrected chi connectivity index (χ2v) is 8.51. The molecule has 0 unspecified atom stereocenters. The molecule has 162 valence electrons. The molecular weight excluding hydrogens is 389 g/mol. The smallest absolute Gasteiger partial charge is 0.409 e. The van der Waals surface area contributed by atoms with E-state index < -0.39 is 18.3 Å². The zero-order valence-electron chi connectivity index (χ0n) is 17.0. The van der Waals surface area contributed by atoms with Gasteiger partial charge in [-0.05, 0) is 42.9 Å². The number of carboxylic acid groups (broad SMARTS) is 1. The van der Waals surface area contributed by atoms with Gasteiger partial charge in [-0.15, -0.1) is 0 Å². The van der Waals surface area contributed by atoms with E-state index in [1.165, 1.54) is 17.0 Å². The number of hydrogen-bond acceptors (Lipinski definition) is 3. The Hall–Kier alpha value is -2.64. The van der Waals surface area contributed by atoms with E-state index >= 15 is 0 Å². The van der Waals surface area contributed by atoms with Crippen molar-refractivity contribution >= 4 is 17.9 Å². The minimum Gasteiger partial charge on any atom is -0.465 e. The van der Waals surface area contributed by atoms with Gasteiger partial charge < -0.3 is 14.9 Å². The molecule has 1 aliphatic carbocycles. The molecule has 2 saturated heterocycles.